The van der Waals surface area contributed by atoms with E-state index in [0.717, 1.165) is 22.2 Å². The maximum atomic E-state index is 5.32. The van der Waals surface area contributed by atoms with Gasteiger partial charge in [-0.2, -0.15) is 0 Å². The molecule has 0 spiro atoms. The summed E-state index contributed by atoms with van der Waals surface area (Å²) in [6, 6.07) is 12.0. The molecule has 0 atom stereocenters. The molecule has 3 heteroatoms. The number of hydrogen-bond acceptors (Lipinski definition) is 3. The van der Waals surface area contributed by atoms with Crippen LogP contribution in [0.5, 0.6) is 5.75 Å². The van der Waals surface area contributed by atoms with Gasteiger partial charge in [0, 0.05) is 11.5 Å². The molecule has 0 aliphatic rings. The summed E-state index contributed by atoms with van der Waals surface area (Å²) in [5, 5.41) is 2.22. The second-order valence-electron chi connectivity index (χ2n) is 3.21. The summed E-state index contributed by atoms with van der Waals surface area (Å²) >= 11 is 0. The minimum atomic E-state index is 0.840. The topological polar surface area (TPSA) is 30.5 Å². The molecule has 1 N–H and O–H groups in total. The van der Waals surface area contributed by atoms with Crippen LogP contribution >= 0.6 is 0 Å². The van der Waals surface area contributed by atoms with Crippen molar-refractivity contribution in [2.75, 3.05) is 19.7 Å². The highest BCUT2D eigenvalue weighted by Gasteiger charge is 2.03. The third-order valence-corrected chi connectivity index (χ3v) is 2.26. The molecule has 0 saturated carbocycles. The third kappa shape index (κ3) is 1.87. The largest absolute Gasteiger partial charge is 0.496 e. The maximum absolute atomic E-state index is 5.32. The molecule has 3 nitrogen and oxygen atoms in total. The van der Waals surface area contributed by atoms with Crippen molar-refractivity contribution in [2.45, 2.75) is 0 Å². The summed E-state index contributed by atoms with van der Waals surface area (Å²) in [5.41, 5.74) is 3.68. The highest BCUT2D eigenvalue weighted by atomic mass is 16.6. The Hall–Kier alpha value is -1.74. The predicted molar refractivity (Wildman–Crippen MR) is 61.1 cm³/mol. The summed E-state index contributed by atoms with van der Waals surface area (Å²) in [5.74, 6) is 0.840. The zero-order valence-electron chi connectivity index (χ0n) is 8.78. The Morgan fingerprint density at radius 3 is 2.60 bits per heavy atom. The Morgan fingerprint density at radius 1 is 1.07 bits per heavy atom. The molecule has 0 aromatic heterocycles. The number of fused-ring (bicyclic) bond motifs is 1. The highest BCUT2D eigenvalue weighted by molar-refractivity contribution is 5.91. The summed E-state index contributed by atoms with van der Waals surface area (Å²) in [4.78, 5) is 4.87. The van der Waals surface area contributed by atoms with E-state index < -0.39 is 0 Å². The lowest BCUT2D eigenvalue weighted by atomic mass is 10.1. The normalized spacial score (nSPS) is 10.3. The Balaban J connectivity index is 2.60. The fourth-order valence-corrected chi connectivity index (χ4v) is 1.62. The van der Waals surface area contributed by atoms with Crippen molar-refractivity contribution in [1.29, 1.82) is 0 Å². The molecule has 0 fully saturated rings. The van der Waals surface area contributed by atoms with E-state index in [1.54, 1.807) is 14.2 Å². The van der Waals surface area contributed by atoms with Crippen LogP contribution in [0.15, 0.2) is 36.4 Å². The average molecular weight is 203 g/mol. The van der Waals surface area contributed by atoms with Crippen molar-refractivity contribution in [3.63, 3.8) is 0 Å². The molecular formula is C12H13NO2. The van der Waals surface area contributed by atoms with E-state index in [9.17, 15) is 0 Å². The average Bonchev–Trinajstić information content (AvgIpc) is 2.28. The van der Waals surface area contributed by atoms with Crippen LogP contribution in [0.2, 0.25) is 0 Å². The van der Waals surface area contributed by atoms with Gasteiger partial charge in [-0.25, -0.2) is 0 Å². The van der Waals surface area contributed by atoms with Gasteiger partial charge < -0.3 is 4.74 Å². The van der Waals surface area contributed by atoms with E-state index in [1.807, 2.05) is 36.4 Å². The lowest BCUT2D eigenvalue weighted by Gasteiger charge is -2.09. The van der Waals surface area contributed by atoms with Crippen LogP contribution in [0.1, 0.15) is 0 Å². The molecule has 2 aromatic carbocycles. The van der Waals surface area contributed by atoms with Crippen molar-refractivity contribution >= 4 is 16.5 Å². The fraction of sp³-hybridized carbons (Fsp3) is 0.167. The van der Waals surface area contributed by atoms with Crippen LogP contribution < -0.4 is 10.2 Å². The maximum Gasteiger partial charge on any atom is 0.128 e. The summed E-state index contributed by atoms with van der Waals surface area (Å²) in [6.07, 6.45) is 0. The lowest BCUT2D eigenvalue weighted by molar-refractivity contribution is 0.271. The molecule has 0 heterocycles. The molecule has 0 unspecified atom stereocenters. The number of benzene rings is 2. The Bertz CT molecular complexity index is 468. The number of ether oxygens (including phenoxy) is 1. The van der Waals surface area contributed by atoms with Crippen LogP contribution in [0.25, 0.3) is 10.8 Å². The van der Waals surface area contributed by atoms with Gasteiger partial charge in [0.05, 0.1) is 19.9 Å². The fourth-order valence-electron chi connectivity index (χ4n) is 1.62. The number of methoxy groups -OCH3 is 1. The van der Waals surface area contributed by atoms with Gasteiger partial charge in [0.25, 0.3) is 0 Å². The van der Waals surface area contributed by atoms with E-state index >= 15 is 0 Å². The first-order chi connectivity index (χ1) is 7.35. The molecule has 2 aromatic rings. The van der Waals surface area contributed by atoms with Gasteiger partial charge in [-0.05, 0) is 11.5 Å². The SMILES string of the molecule is CONc1cc(OC)c2ccccc2c1. The molecule has 15 heavy (non-hydrogen) atoms. The summed E-state index contributed by atoms with van der Waals surface area (Å²) in [7, 11) is 3.25. The van der Waals surface area contributed by atoms with Gasteiger partial charge in [0.1, 0.15) is 5.75 Å². The molecule has 0 aliphatic heterocycles. The van der Waals surface area contributed by atoms with Gasteiger partial charge in [-0.3, -0.25) is 10.3 Å². The second kappa shape index (κ2) is 4.19. The zero-order valence-corrected chi connectivity index (χ0v) is 8.78. The summed E-state index contributed by atoms with van der Waals surface area (Å²) < 4.78 is 5.32. The Labute approximate surface area is 88.6 Å². The minimum absolute atomic E-state index is 0.840. The third-order valence-electron chi connectivity index (χ3n) is 2.26. The number of hydrogen-bond donors (Lipinski definition) is 1. The van der Waals surface area contributed by atoms with Gasteiger partial charge in [0.2, 0.25) is 0 Å². The molecular weight excluding hydrogens is 190 g/mol. The van der Waals surface area contributed by atoms with E-state index in [-0.39, 0.29) is 0 Å². The number of rotatable bonds is 3. The van der Waals surface area contributed by atoms with Crippen molar-refractivity contribution in [1.82, 2.24) is 0 Å². The Kier molecular flexibility index (Phi) is 2.74. The van der Waals surface area contributed by atoms with Crippen LogP contribution in [-0.4, -0.2) is 14.2 Å². The molecule has 0 bridgehead atoms. The van der Waals surface area contributed by atoms with Crippen LogP contribution in [0.4, 0.5) is 5.69 Å². The lowest BCUT2D eigenvalue weighted by Crippen LogP contribution is -1.96. The minimum Gasteiger partial charge on any atom is -0.496 e. The molecule has 0 amide bonds. The predicted octanol–water partition coefficient (Wildman–Crippen LogP) is 2.82. The quantitative estimate of drug-likeness (QED) is 0.778. The monoisotopic (exact) mass is 203 g/mol. The standard InChI is InChI=1S/C12H13NO2/c1-14-12-8-10(13-15-2)7-9-5-3-4-6-11(9)12/h3-8,13H,1-2H3. The van der Waals surface area contributed by atoms with Gasteiger partial charge in [-0.15, -0.1) is 0 Å². The van der Waals surface area contributed by atoms with Gasteiger partial charge in [-0.1, -0.05) is 24.3 Å². The first-order valence-corrected chi connectivity index (χ1v) is 4.71. The van der Waals surface area contributed by atoms with Gasteiger partial charge >= 0.3 is 0 Å². The first kappa shape index (κ1) is 9.80. The Morgan fingerprint density at radius 2 is 1.87 bits per heavy atom. The van der Waals surface area contributed by atoms with Crippen molar-refractivity contribution in [2.24, 2.45) is 0 Å². The first-order valence-electron chi connectivity index (χ1n) is 4.71. The molecule has 78 valence electrons. The van der Waals surface area contributed by atoms with E-state index in [4.69, 9.17) is 9.57 Å². The van der Waals surface area contributed by atoms with Crippen LogP contribution in [0.3, 0.4) is 0 Å². The van der Waals surface area contributed by atoms with E-state index in [1.165, 1.54) is 0 Å². The second-order valence-corrected chi connectivity index (χ2v) is 3.21. The van der Waals surface area contributed by atoms with Crippen LogP contribution in [0, 0.1) is 0 Å². The molecule has 0 aliphatic carbocycles. The highest BCUT2D eigenvalue weighted by Crippen LogP contribution is 2.29. The van der Waals surface area contributed by atoms with Crippen molar-refractivity contribution in [3.05, 3.63) is 36.4 Å². The van der Waals surface area contributed by atoms with Gasteiger partial charge in [0.15, 0.2) is 0 Å². The summed E-state index contributed by atoms with van der Waals surface area (Å²) in [6.45, 7) is 0. The number of nitrogens with one attached hydrogen (secondary N) is 1. The van der Waals surface area contributed by atoms with Crippen molar-refractivity contribution in [3.8, 4) is 5.75 Å². The van der Waals surface area contributed by atoms with Crippen molar-refractivity contribution < 1.29 is 9.57 Å². The van der Waals surface area contributed by atoms with E-state index in [2.05, 4.69) is 5.48 Å². The smallest absolute Gasteiger partial charge is 0.128 e. The zero-order chi connectivity index (χ0) is 10.7. The molecule has 2 rings (SSSR count). The molecule has 0 saturated heterocycles. The van der Waals surface area contributed by atoms with Crippen LogP contribution in [-0.2, 0) is 4.84 Å². The van der Waals surface area contributed by atoms with E-state index in [0.29, 0.717) is 0 Å². The molecule has 0 radical (unpaired) electrons. The number of anilines is 1.